The first-order valence-corrected chi connectivity index (χ1v) is 7.13. The van der Waals surface area contributed by atoms with Gasteiger partial charge < -0.3 is 5.11 Å². The Morgan fingerprint density at radius 1 is 1.33 bits per heavy atom. The lowest BCUT2D eigenvalue weighted by molar-refractivity contribution is -0.156. The summed E-state index contributed by atoms with van der Waals surface area (Å²) in [4.78, 5) is 11.5. The smallest absolute Gasteiger partial charge is 0.311 e. The first-order valence-electron chi connectivity index (χ1n) is 7.13. The van der Waals surface area contributed by atoms with Gasteiger partial charge in [0.15, 0.2) is 5.82 Å². The SMILES string of the molecule is Cc1ccc(Cc2nnnn2CC2(C(=O)O)CCC2)cc1. The van der Waals surface area contributed by atoms with Crippen LogP contribution in [0.3, 0.4) is 0 Å². The number of carboxylic acids is 1. The summed E-state index contributed by atoms with van der Waals surface area (Å²) in [7, 11) is 0. The number of nitrogens with zero attached hydrogens (tertiary/aromatic N) is 4. The number of tetrazole rings is 1. The molecule has 1 N–H and O–H groups in total. The molecule has 0 spiro atoms. The van der Waals surface area contributed by atoms with E-state index < -0.39 is 11.4 Å². The second-order valence-electron chi connectivity index (χ2n) is 5.85. The number of aromatic nitrogens is 4. The average Bonchev–Trinajstić information content (AvgIpc) is 2.83. The molecule has 0 unspecified atom stereocenters. The molecular formula is C15H18N4O2. The first-order chi connectivity index (χ1) is 10.1. The van der Waals surface area contributed by atoms with Crippen molar-refractivity contribution in [1.82, 2.24) is 20.2 Å². The van der Waals surface area contributed by atoms with E-state index in [1.54, 1.807) is 4.68 Å². The molecule has 1 saturated carbocycles. The number of benzene rings is 1. The van der Waals surface area contributed by atoms with Gasteiger partial charge in [0.1, 0.15) is 0 Å². The van der Waals surface area contributed by atoms with Crippen LogP contribution in [0.4, 0.5) is 0 Å². The maximum absolute atomic E-state index is 11.5. The van der Waals surface area contributed by atoms with Crippen molar-refractivity contribution >= 4 is 5.97 Å². The monoisotopic (exact) mass is 286 g/mol. The van der Waals surface area contributed by atoms with Gasteiger partial charge in [-0.3, -0.25) is 4.79 Å². The van der Waals surface area contributed by atoms with Crippen LogP contribution in [0.1, 0.15) is 36.2 Å². The zero-order chi connectivity index (χ0) is 14.9. The maximum Gasteiger partial charge on any atom is 0.311 e. The molecular weight excluding hydrogens is 268 g/mol. The van der Waals surface area contributed by atoms with E-state index in [0.29, 0.717) is 31.6 Å². The molecule has 1 aliphatic rings. The van der Waals surface area contributed by atoms with Crippen LogP contribution in [0.2, 0.25) is 0 Å². The quantitative estimate of drug-likeness (QED) is 0.906. The minimum Gasteiger partial charge on any atom is -0.481 e. The summed E-state index contributed by atoms with van der Waals surface area (Å²) in [5.74, 6) is -0.0306. The van der Waals surface area contributed by atoms with Crippen LogP contribution in [-0.4, -0.2) is 31.3 Å². The third kappa shape index (κ3) is 2.66. The fourth-order valence-electron chi connectivity index (χ4n) is 2.69. The molecule has 0 bridgehead atoms. The fourth-order valence-corrected chi connectivity index (χ4v) is 2.69. The van der Waals surface area contributed by atoms with Crippen molar-refractivity contribution in [2.45, 2.75) is 39.2 Å². The van der Waals surface area contributed by atoms with E-state index in [4.69, 9.17) is 0 Å². The summed E-state index contributed by atoms with van der Waals surface area (Å²) < 4.78 is 1.65. The summed E-state index contributed by atoms with van der Waals surface area (Å²) >= 11 is 0. The van der Waals surface area contributed by atoms with Gasteiger partial charge in [-0.25, -0.2) is 4.68 Å². The number of aliphatic carboxylic acids is 1. The highest BCUT2D eigenvalue weighted by Crippen LogP contribution is 2.42. The minimum atomic E-state index is -0.745. The van der Waals surface area contributed by atoms with Crippen molar-refractivity contribution in [1.29, 1.82) is 0 Å². The van der Waals surface area contributed by atoms with Gasteiger partial charge in [0.2, 0.25) is 0 Å². The van der Waals surface area contributed by atoms with Crippen LogP contribution < -0.4 is 0 Å². The van der Waals surface area contributed by atoms with Crippen LogP contribution in [0.25, 0.3) is 0 Å². The van der Waals surface area contributed by atoms with Gasteiger partial charge >= 0.3 is 5.97 Å². The number of rotatable bonds is 5. The molecule has 21 heavy (non-hydrogen) atoms. The Morgan fingerprint density at radius 2 is 2.05 bits per heavy atom. The van der Waals surface area contributed by atoms with Crippen LogP contribution in [0.15, 0.2) is 24.3 Å². The van der Waals surface area contributed by atoms with E-state index in [2.05, 4.69) is 15.5 Å². The molecule has 0 amide bonds. The number of carbonyl (C=O) groups is 1. The Morgan fingerprint density at radius 3 is 2.62 bits per heavy atom. The van der Waals surface area contributed by atoms with Crippen molar-refractivity contribution in [3.63, 3.8) is 0 Å². The molecule has 6 heteroatoms. The Hall–Kier alpha value is -2.24. The highest BCUT2D eigenvalue weighted by molar-refractivity contribution is 5.75. The van der Waals surface area contributed by atoms with E-state index in [-0.39, 0.29) is 0 Å². The van der Waals surface area contributed by atoms with Gasteiger partial charge in [-0.15, -0.1) is 5.10 Å². The molecule has 1 heterocycles. The van der Waals surface area contributed by atoms with Crippen molar-refractivity contribution < 1.29 is 9.90 Å². The molecule has 6 nitrogen and oxygen atoms in total. The van der Waals surface area contributed by atoms with Gasteiger partial charge in [-0.05, 0) is 35.8 Å². The molecule has 0 atom stereocenters. The van der Waals surface area contributed by atoms with E-state index in [0.717, 1.165) is 12.0 Å². The predicted molar refractivity (Wildman–Crippen MR) is 75.7 cm³/mol. The third-order valence-corrected chi connectivity index (χ3v) is 4.31. The molecule has 1 aromatic carbocycles. The Bertz CT molecular complexity index is 644. The van der Waals surface area contributed by atoms with Gasteiger partial charge in [-0.2, -0.15) is 0 Å². The van der Waals surface area contributed by atoms with Crippen LogP contribution in [-0.2, 0) is 17.8 Å². The molecule has 1 aromatic heterocycles. The highest BCUT2D eigenvalue weighted by atomic mass is 16.4. The maximum atomic E-state index is 11.5. The summed E-state index contributed by atoms with van der Waals surface area (Å²) in [6.45, 7) is 2.40. The third-order valence-electron chi connectivity index (χ3n) is 4.31. The van der Waals surface area contributed by atoms with E-state index >= 15 is 0 Å². The van der Waals surface area contributed by atoms with Crippen LogP contribution >= 0.6 is 0 Å². The first kappa shape index (κ1) is 13.7. The Kier molecular flexibility index (Phi) is 3.45. The molecule has 1 aliphatic carbocycles. The van der Waals surface area contributed by atoms with Crippen molar-refractivity contribution in [2.75, 3.05) is 0 Å². The van der Waals surface area contributed by atoms with E-state index in [9.17, 15) is 9.90 Å². The molecule has 3 rings (SSSR count). The number of hydrogen-bond acceptors (Lipinski definition) is 4. The molecule has 0 saturated heterocycles. The summed E-state index contributed by atoms with van der Waals surface area (Å²) in [5, 5.41) is 21.1. The number of aryl methyl sites for hydroxylation is 1. The van der Waals surface area contributed by atoms with Crippen molar-refractivity contribution in [3.8, 4) is 0 Å². The van der Waals surface area contributed by atoms with Gasteiger partial charge in [-0.1, -0.05) is 36.2 Å². The van der Waals surface area contributed by atoms with Gasteiger partial charge in [0, 0.05) is 6.42 Å². The lowest BCUT2D eigenvalue weighted by Crippen LogP contribution is -2.42. The molecule has 0 aliphatic heterocycles. The standard InChI is InChI=1S/C15H18N4O2/c1-11-3-5-12(6-4-11)9-13-16-17-18-19(13)10-15(14(20)21)7-2-8-15/h3-6H,2,7-10H2,1H3,(H,20,21). The van der Waals surface area contributed by atoms with Crippen molar-refractivity contribution in [3.05, 3.63) is 41.2 Å². The fraction of sp³-hybridized carbons (Fsp3) is 0.467. The molecule has 0 radical (unpaired) electrons. The Balaban J connectivity index is 1.78. The average molecular weight is 286 g/mol. The largest absolute Gasteiger partial charge is 0.481 e. The summed E-state index contributed by atoms with van der Waals surface area (Å²) in [6.07, 6.45) is 2.98. The summed E-state index contributed by atoms with van der Waals surface area (Å²) in [6, 6.07) is 8.19. The molecule has 1 fully saturated rings. The second kappa shape index (κ2) is 5.27. The van der Waals surface area contributed by atoms with E-state index in [1.807, 2.05) is 31.2 Å². The zero-order valence-corrected chi connectivity index (χ0v) is 12.0. The number of hydrogen-bond donors (Lipinski definition) is 1. The number of carboxylic acid groups (broad SMARTS) is 1. The van der Waals surface area contributed by atoms with E-state index in [1.165, 1.54) is 5.56 Å². The van der Waals surface area contributed by atoms with Crippen LogP contribution in [0, 0.1) is 12.3 Å². The van der Waals surface area contributed by atoms with Crippen molar-refractivity contribution in [2.24, 2.45) is 5.41 Å². The second-order valence-corrected chi connectivity index (χ2v) is 5.85. The predicted octanol–water partition coefficient (Wildman–Crippen LogP) is 1.83. The normalized spacial score (nSPS) is 16.4. The van der Waals surface area contributed by atoms with Gasteiger partial charge in [0.05, 0.1) is 12.0 Å². The highest BCUT2D eigenvalue weighted by Gasteiger charge is 2.45. The lowest BCUT2D eigenvalue weighted by Gasteiger charge is -2.37. The van der Waals surface area contributed by atoms with Gasteiger partial charge in [0.25, 0.3) is 0 Å². The minimum absolute atomic E-state index is 0.358. The van der Waals surface area contributed by atoms with Crippen LogP contribution in [0.5, 0.6) is 0 Å². The molecule has 2 aromatic rings. The topological polar surface area (TPSA) is 80.9 Å². The zero-order valence-electron chi connectivity index (χ0n) is 12.0. The Labute approximate surface area is 122 Å². The summed E-state index contributed by atoms with van der Waals surface area (Å²) in [5.41, 5.74) is 1.64. The molecule has 110 valence electrons. The lowest BCUT2D eigenvalue weighted by atomic mass is 9.69.